The van der Waals surface area contributed by atoms with Gasteiger partial charge in [0.25, 0.3) is 5.56 Å². The molecule has 0 aliphatic heterocycles. The lowest BCUT2D eigenvalue weighted by Gasteiger charge is -2.13. The molecule has 0 unspecified atom stereocenters. The summed E-state index contributed by atoms with van der Waals surface area (Å²) in [4.78, 5) is 28.6. The van der Waals surface area contributed by atoms with Gasteiger partial charge in [0, 0.05) is 4.88 Å². The molecule has 2 heterocycles. The molecule has 0 atom stereocenters. The number of fused-ring (bicyclic) bond motifs is 3. The quantitative estimate of drug-likeness (QED) is 0.531. The smallest absolute Gasteiger partial charge is 0.279 e. The van der Waals surface area contributed by atoms with Crippen molar-refractivity contribution in [2.45, 2.75) is 25.8 Å². The fourth-order valence-corrected chi connectivity index (χ4v) is 5.34. The van der Waals surface area contributed by atoms with Gasteiger partial charge < -0.3 is 0 Å². The molecule has 4 nitrogen and oxygen atoms in total. The topological polar surface area (TPSA) is 44.0 Å². The zero-order chi connectivity index (χ0) is 19.3. The van der Waals surface area contributed by atoms with Crippen LogP contribution in [0, 0.1) is 5.82 Å². The number of para-hydroxylation sites is 1. The second-order valence-corrected chi connectivity index (χ2v) is 8.10. The Morgan fingerprint density at radius 3 is 2.61 bits per heavy atom. The summed E-state index contributed by atoms with van der Waals surface area (Å²) in [6, 6.07) is 15.2. The highest BCUT2D eigenvalue weighted by Crippen LogP contribution is 2.35. The van der Waals surface area contributed by atoms with Crippen LogP contribution in [0.1, 0.15) is 22.4 Å². The Kier molecular flexibility index (Phi) is 4.02. The molecule has 0 saturated heterocycles. The van der Waals surface area contributed by atoms with Gasteiger partial charge in [-0.2, -0.15) is 0 Å². The highest BCUT2D eigenvalue weighted by atomic mass is 32.1. The third kappa shape index (κ3) is 2.64. The summed E-state index contributed by atoms with van der Waals surface area (Å²) in [5.74, 6) is -0.341. The third-order valence-corrected chi connectivity index (χ3v) is 6.55. The molecule has 1 aliphatic carbocycles. The van der Waals surface area contributed by atoms with Crippen LogP contribution in [0.3, 0.4) is 0 Å². The molecule has 1 aliphatic rings. The molecule has 140 valence electrons. The molecule has 0 saturated carbocycles. The largest absolute Gasteiger partial charge is 0.337 e. The van der Waals surface area contributed by atoms with Gasteiger partial charge in [-0.1, -0.05) is 30.3 Å². The maximum absolute atomic E-state index is 13.7. The van der Waals surface area contributed by atoms with Crippen molar-refractivity contribution < 1.29 is 4.39 Å². The Bertz CT molecular complexity index is 1320. The van der Waals surface area contributed by atoms with E-state index in [9.17, 15) is 14.0 Å². The van der Waals surface area contributed by atoms with Crippen LogP contribution in [-0.2, 0) is 19.4 Å². The molecular weight excluding hydrogens is 375 g/mol. The molecule has 0 bridgehead atoms. The fraction of sp³-hybridized carbons (Fsp3) is 0.182. The number of rotatable bonds is 3. The van der Waals surface area contributed by atoms with E-state index in [0.717, 1.165) is 24.8 Å². The lowest BCUT2D eigenvalue weighted by molar-refractivity contribution is 0.622. The van der Waals surface area contributed by atoms with Crippen molar-refractivity contribution in [3.05, 3.63) is 97.3 Å². The number of benzene rings is 2. The first kappa shape index (κ1) is 17.1. The normalized spacial score (nSPS) is 13.2. The predicted molar refractivity (Wildman–Crippen MR) is 109 cm³/mol. The average molecular weight is 392 g/mol. The number of aromatic nitrogens is 2. The van der Waals surface area contributed by atoms with Gasteiger partial charge in [-0.15, -0.1) is 11.3 Å². The van der Waals surface area contributed by atoms with Crippen molar-refractivity contribution in [3.63, 3.8) is 0 Å². The first-order chi connectivity index (χ1) is 13.6. The number of hydrogen-bond acceptors (Lipinski definition) is 3. The van der Waals surface area contributed by atoms with Crippen molar-refractivity contribution in [3.8, 4) is 5.69 Å². The molecule has 0 N–H and O–H groups in total. The van der Waals surface area contributed by atoms with E-state index in [1.54, 1.807) is 41.0 Å². The van der Waals surface area contributed by atoms with E-state index in [4.69, 9.17) is 0 Å². The Morgan fingerprint density at radius 1 is 1.00 bits per heavy atom. The van der Waals surface area contributed by atoms with Crippen LogP contribution in [0.4, 0.5) is 4.39 Å². The minimum absolute atomic E-state index is 0.222. The lowest BCUT2D eigenvalue weighted by Crippen LogP contribution is -2.39. The molecule has 0 fully saturated rings. The highest BCUT2D eigenvalue weighted by Gasteiger charge is 2.25. The monoisotopic (exact) mass is 392 g/mol. The second kappa shape index (κ2) is 6.56. The van der Waals surface area contributed by atoms with Gasteiger partial charge in [-0.3, -0.25) is 9.36 Å². The summed E-state index contributed by atoms with van der Waals surface area (Å²) in [6.07, 6.45) is 2.83. The number of thiophene rings is 1. The summed E-state index contributed by atoms with van der Waals surface area (Å²) >= 11 is 1.52. The van der Waals surface area contributed by atoms with Crippen LogP contribution in [-0.4, -0.2) is 9.13 Å². The van der Waals surface area contributed by atoms with Crippen LogP contribution in [0.5, 0.6) is 0 Å². The van der Waals surface area contributed by atoms with Gasteiger partial charge in [0.2, 0.25) is 0 Å². The van der Waals surface area contributed by atoms with Crippen molar-refractivity contribution in [1.29, 1.82) is 0 Å². The SMILES string of the molecule is O=c1c2c3c(sc2n(Cc2cccc(F)c2)c(=O)n1-c1ccccc1)CCC3. The lowest BCUT2D eigenvalue weighted by atomic mass is 10.2. The van der Waals surface area contributed by atoms with Gasteiger partial charge in [0.1, 0.15) is 10.6 Å². The Morgan fingerprint density at radius 2 is 1.82 bits per heavy atom. The summed E-state index contributed by atoms with van der Waals surface area (Å²) in [5, 5.41) is 0.636. The van der Waals surface area contributed by atoms with E-state index in [1.807, 2.05) is 6.07 Å². The maximum atomic E-state index is 13.7. The molecule has 5 rings (SSSR count). The molecule has 2 aromatic heterocycles. The van der Waals surface area contributed by atoms with Gasteiger partial charge in [0.05, 0.1) is 17.6 Å². The number of nitrogens with zero attached hydrogens (tertiary/aromatic N) is 2. The minimum atomic E-state index is -0.395. The number of hydrogen-bond donors (Lipinski definition) is 0. The van der Waals surface area contributed by atoms with E-state index >= 15 is 0 Å². The van der Waals surface area contributed by atoms with Gasteiger partial charge in [0.15, 0.2) is 0 Å². The summed E-state index contributed by atoms with van der Waals surface area (Å²) in [5.41, 5.74) is 1.65. The van der Waals surface area contributed by atoms with Gasteiger partial charge >= 0.3 is 5.69 Å². The standard InChI is InChI=1S/C22H17FN2O2S/c23-15-7-4-6-14(12-15)13-24-21-19(17-10-5-11-18(17)28-21)20(26)25(22(24)27)16-8-2-1-3-9-16/h1-4,6-9,12H,5,10-11,13H2. The zero-order valence-electron chi connectivity index (χ0n) is 15.0. The van der Waals surface area contributed by atoms with Crippen LogP contribution >= 0.6 is 11.3 Å². The van der Waals surface area contributed by atoms with Crippen molar-refractivity contribution >= 4 is 21.6 Å². The van der Waals surface area contributed by atoms with E-state index in [0.29, 0.717) is 21.5 Å². The molecular formula is C22H17FN2O2S. The molecule has 0 radical (unpaired) electrons. The molecule has 4 aromatic rings. The third-order valence-electron chi connectivity index (χ3n) is 5.23. The van der Waals surface area contributed by atoms with E-state index in [-0.39, 0.29) is 17.9 Å². The average Bonchev–Trinajstić information content (AvgIpc) is 3.27. The van der Waals surface area contributed by atoms with Crippen molar-refractivity contribution in [1.82, 2.24) is 9.13 Å². The Labute approximate surface area is 164 Å². The molecule has 6 heteroatoms. The van der Waals surface area contributed by atoms with Gasteiger partial charge in [-0.05, 0) is 54.7 Å². The Balaban J connectivity index is 1.84. The minimum Gasteiger partial charge on any atom is -0.279 e. The summed E-state index contributed by atoms with van der Waals surface area (Å²) < 4.78 is 16.5. The van der Waals surface area contributed by atoms with E-state index < -0.39 is 5.69 Å². The highest BCUT2D eigenvalue weighted by molar-refractivity contribution is 7.18. The van der Waals surface area contributed by atoms with E-state index in [2.05, 4.69) is 0 Å². The predicted octanol–water partition coefficient (Wildman–Crippen LogP) is 3.89. The summed E-state index contributed by atoms with van der Waals surface area (Å²) in [7, 11) is 0. The molecule has 28 heavy (non-hydrogen) atoms. The van der Waals surface area contributed by atoms with Crippen LogP contribution < -0.4 is 11.2 Å². The first-order valence-electron chi connectivity index (χ1n) is 9.23. The number of aryl methyl sites for hydroxylation is 2. The molecule has 0 spiro atoms. The van der Waals surface area contributed by atoms with Crippen LogP contribution in [0.15, 0.2) is 64.2 Å². The molecule has 2 aromatic carbocycles. The fourth-order valence-electron chi connectivity index (χ4n) is 3.97. The van der Waals surface area contributed by atoms with Crippen molar-refractivity contribution in [2.75, 3.05) is 0 Å². The van der Waals surface area contributed by atoms with Crippen LogP contribution in [0.25, 0.3) is 15.9 Å². The van der Waals surface area contributed by atoms with Crippen LogP contribution in [0.2, 0.25) is 0 Å². The number of halogens is 1. The second-order valence-electron chi connectivity index (χ2n) is 7.01. The zero-order valence-corrected chi connectivity index (χ0v) is 15.8. The van der Waals surface area contributed by atoms with Crippen molar-refractivity contribution in [2.24, 2.45) is 0 Å². The molecule has 0 amide bonds. The van der Waals surface area contributed by atoms with E-state index in [1.165, 1.54) is 32.9 Å². The van der Waals surface area contributed by atoms with Gasteiger partial charge in [-0.25, -0.2) is 13.8 Å². The summed E-state index contributed by atoms with van der Waals surface area (Å²) in [6.45, 7) is 0.222. The first-order valence-corrected chi connectivity index (χ1v) is 10.0. The Hall–Kier alpha value is -2.99. The maximum Gasteiger partial charge on any atom is 0.337 e.